The lowest BCUT2D eigenvalue weighted by molar-refractivity contribution is -0.385. The molecule has 0 saturated heterocycles. The van der Waals surface area contributed by atoms with Crippen LogP contribution in [0.4, 0.5) is 46.5 Å². The molecule has 2 rings (SSSR count). The molecule has 0 fully saturated rings. The molecule has 1 N–H and O–H groups in total. The van der Waals surface area contributed by atoms with E-state index in [0.717, 1.165) is 12.1 Å². The second-order valence-corrected chi connectivity index (χ2v) is 6.90. The number of nitro benzene ring substituents is 1. The quantitative estimate of drug-likeness (QED) is 0.216. The average molecular weight is 522 g/mol. The van der Waals surface area contributed by atoms with Gasteiger partial charge < -0.3 is 5.32 Å². The summed E-state index contributed by atoms with van der Waals surface area (Å²) in [5.74, 6) is -3.84. The van der Waals surface area contributed by atoms with Gasteiger partial charge in [0.15, 0.2) is 5.82 Å². The molecule has 0 bridgehead atoms. The molecule has 2 aromatic carbocycles. The zero-order chi connectivity index (χ0) is 25.5. The summed E-state index contributed by atoms with van der Waals surface area (Å²) in [4.78, 5) is 22.3. The number of hydrogen-bond acceptors (Lipinski definition) is 4. The lowest BCUT2D eigenvalue weighted by Crippen LogP contribution is -2.51. The van der Waals surface area contributed by atoms with Gasteiger partial charge >= 0.3 is 18.0 Å². The molecule has 0 aliphatic rings. The molecule has 0 unspecified atom stereocenters. The topological polar surface area (TPSA) is 96.0 Å². The predicted octanol–water partition coefficient (Wildman–Crippen LogP) is 6.45. The maximum absolute atomic E-state index is 14.4. The SMILES string of the molecule is N#Cc1ccc(C(=O)Nc2c(Cl)cc(C(F)(C(F)(F)F)C(F)(F)F)c(F)c2Cl)cc1[N+](=O)[O-]. The van der Waals surface area contributed by atoms with Gasteiger partial charge in [0.25, 0.3) is 11.6 Å². The van der Waals surface area contributed by atoms with Crippen molar-refractivity contribution >= 4 is 40.5 Å². The van der Waals surface area contributed by atoms with Crippen LogP contribution in [0.5, 0.6) is 0 Å². The molecular formula is C17H5Cl2F8N3O3. The van der Waals surface area contributed by atoms with Gasteiger partial charge in [-0.25, -0.2) is 8.78 Å². The molecule has 6 nitrogen and oxygen atoms in total. The predicted molar refractivity (Wildman–Crippen MR) is 97.1 cm³/mol. The lowest BCUT2D eigenvalue weighted by atomic mass is 9.93. The van der Waals surface area contributed by atoms with Crippen LogP contribution in [0.2, 0.25) is 10.0 Å². The molecule has 16 heteroatoms. The van der Waals surface area contributed by atoms with E-state index in [4.69, 9.17) is 28.5 Å². The minimum absolute atomic E-state index is 0.347. The Balaban J connectivity index is 2.59. The molecule has 0 radical (unpaired) electrons. The number of nitrogens with one attached hydrogen (secondary N) is 1. The van der Waals surface area contributed by atoms with Crippen molar-refractivity contribution in [3.63, 3.8) is 0 Å². The third-order valence-corrected chi connectivity index (χ3v) is 4.78. The first kappa shape index (κ1) is 26.1. The van der Waals surface area contributed by atoms with Crippen LogP contribution in [-0.2, 0) is 5.67 Å². The van der Waals surface area contributed by atoms with Crippen molar-refractivity contribution in [2.75, 3.05) is 5.32 Å². The normalized spacial score (nSPS) is 12.3. The van der Waals surface area contributed by atoms with E-state index < -0.39 is 72.8 Å². The molecule has 0 atom stereocenters. The highest BCUT2D eigenvalue weighted by atomic mass is 35.5. The highest BCUT2D eigenvalue weighted by Gasteiger charge is 2.74. The van der Waals surface area contributed by atoms with E-state index in [9.17, 15) is 50.0 Å². The number of benzene rings is 2. The first-order valence-electron chi connectivity index (χ1n) is 7.97. The van der Waals surface area contributed by atoms with E-state index in [1.165, 1.54) is 6.07 Å². The van der Waals surface area contributed by atoms with Crippen molar-refractivity contribution in [3.8, 4) is 6.07 Å². The molecule has 0 spiro atoms. The molecule has 176 valence electrons. The fourth-order valence-corrected chi connectivity index (χ4v) is 3.08. The van der Waals surface area contributed by atoms with Gasteiger partial charge in [0.1, 0.15) is 16.7 Å². The summed E-state index contributed by atoms with van der Waals surface area (Å²) in [6.45, 7) is 0. The van der Waals surface area contributed by atoms with E-state index in [0.29, 0.717) is 6.07 Å². The Bertz CT molecular complexity index is 1180. The molecule has 0 saturated carbocycles. The standard InChI is InChI=1S/C17H5Cl2F8N3O3/c18-9-4-8(15(21,16(22,23)24)17(25,26)27)12(20)11(19)13(9)29-14(31)6-1-2-7(5-28)10(3-6)30(32)33/h1-4H,(H,29,31). The number of carbonyl (C=O) groups is 1. The molecule has 0 aliphatic carbocycles. The molecule has 0 aliphatic heterocycles. The molecule has 33 heavy (non-hydrogen) atoms. The Hall–Kier alpha value is -3.18. The molecular weight excluding hydrogens is 517 g/mol. The number of nitriles is 1. The number of nitrogens with zero attached hydrogens (tertiary/aromatic N) is 2. The van der Waals surface area contributed by atoms with Crippen LogP contribution >= 0.6 is 23.2 Å². The summed E-state index contributed by atoms with van der Waals surface area (Å²) < 4.78 is 106. The van der Waals surface area contributed by atoms with Crippen LogP contribution in [0, 0.1) is 27.3 Å². The van der Waals surface area contributed by atoms with Crippen molar-refractivity contribution in [1.82, 2.24) is 0 Å². The van der Waals surface area contributed by atoms with E-state index in [2.05, 4.69) is 0 Å². The van der Waals surface area contributed by atoms with E-state index in [1.54, 1.807) is 5.32 Å². The fourth-order valence-electron chi connectivity index (χ4n) is 2.53. The Morgan fingerprint density at radius 3 is 2.06 bits per heavy atom. The van der Waals surface area contributed by atoms with Crippen molar-refractivity contribution in [1.29, 1.82) is 5.26 Å². The first-order valence-corrected chi connectivity index (χ1v) is 8.73. The van der Waals surface area contributed by atoms with Crippen molar-refractivity contribution in [3.05, 3.63) is 66.9 Å². The molecule has 0 heterocycles. The monoisotopic (exact) mass is 521 g/mol. The Kier molecular flexibility index (Phi) is 6.82. The number of alkyl halides is 7. The largest absolute Gasteiger partial charge is 0.436 e. The summed E-state index contributed by atoms with van der Waals surface area (Å²) >= 11 is 11.0. The van der Waals surface area contributed by atoms with Crippen molar-refractivity contribution in [2.24, 2.45) is 0 Å². The minimum Gasteiger partial charge on any atom is -0.319 e. The molecule has 1 amide bonds. The van der Waals surface area contributed by atoms with Gasteiger partial charge in [0, 0.05) is 17.2 Å². The summed E-state index contributed by atoms with van der Waals surface area (Å²) in [6.07, 6.45) is -13.3. The minimum atomic E-state index is -6.66. The number of nitro groups is 1. The second-order valence-electron chi connectivity index (χ2n) is 6.12. The summed E-state index contributed by atoms with van der Waals surface area (Å²) in [7, 11) is 0. The number of hydrogen-bond donors (Lipinski definition) is 1. The third-order valence-electron chi connectivity index (χ3n) is 4.13. The van der Waals surface area contributed by atoms with E-state index in [-0.39, 0.29) is 6.07 Å². The smallest absolute Gasteiger partial charge is 0.319 e. The number of anilines is 1. The van der Waals surface area contributed by atoms with Crippen molar-refractivity contribution < 1.29 is 44.8 Å². The van der Waals surface area contributed by atoms with Crippen molar-refractivity contribution in [2.45, 2.75) is 18.0 Å². The zero-order valence-electron chi connectivity index (χ0n) is 15.2. The van der Waals surface area contributed by atoms with Gasteiger partial charge in [-0.1, -0.05) is 23.2 Å². The average Bonchev–Trinajstić information content (AvgIpc) is 2.70. The van der Waals surface area contributed by atoms with Gasteiger partial charge in [0.05, 0.1) is 15.6 Å². The number of halogens is 10. The van der Waals surface area contributed by atoms with E-state index in [1.807, 2.05) is 0 Å². The van der Waals surface area contributed by atoms with Gasteiger partial charge in [-0.05, 0) is 18.2 Å². The Morgan fingerprint density at radius 2 is 1.61 bits per heavy atom. The summed E-state index contributed by atoms with van der Waals surface area (Å²) in [5.41, 5.74) is -11.6. The van der Waals surface area contributed by atoms with Crippen LogP contribution in [0.3, 0.4) is 0 Å². The fraction of sp³-hybridized carbons (Fsp3) is 0.176. The first-order chi connectivity index (χ1) is 15.0. The second kappa shape index (κ2) is 8.64. The van der Waals surface area contributed by atoms with Gasteiger partial charge in [-0.3, -0.25) is 14.9 Å². The van der Waals surface area contributed by atoms with Gasteiger partial charge in [0.2, 0.25) is 0 Å². The maximum Gasteiger partial charge on any atom is 0.436 e. The highest BCUT2D eigenvalue weighted by molar-refractivity contribution is 6.40. The summed E-state index contributed by atoms with van der Waals surface area (Å²) in [5, 5.41) is 18.8. The molecule has 2 aromatic rings. The number of carbonyl (C=O) groups excluding carboxylic acids is 1. The van der Waals surface area contributed by atoms with Crippen LogP contribution in [0.25, 0.3) is 0 Å². The number of rotatable bonds is 4. The highest BCUT2D eigenvalue weighted by Crippen LogP contribution is 2.55. The number of amides is 1. The summed E-state index contributed by atoms with van der Waals surface area (Å²) in [6, 6.07) is 3.50. The van der Waals surface area contributed by atoms with Crippen LogP contribution < -0.4 is 5.32 Å². The van der Waals surface area contributed by atoms with Gasteiger partial charge in [-0.15, -0.1) is 0 Å². The zero-order valence-corrected chi connectivity index (χ0v) is 16.7. The van der Waals surface area contributed by atoms with Gasteiger partial charge in [-0.2, -0.15) is 31.6 Å². The van der Waals surface area contributed by atoms with E-state index >= 15 is 0 Å². The Labute approximate surface area is 187 Å². The maximum atomic E-state index is 14.4. The van der Waals surface area contributed by atoms with Crippen LogP contribution in [0.15, 0.2) is 24.3 Å². The third kappa shape index (κ3) is 4.51. The molecule has 0 aromatic heterocycles. The van der Waals surface area contributed by atoms with Crippen LogP contribution in [-0.4, -0.2) is 23.2 Å². The van der Waals surface area contributed by atoms with Crippen LogP contribution in [0.1, 0.15) is 21.5 Å². The Morgan fingerprint density at radius 1 is 1.06 bits per heavy atom. The lowest BCUT2D eigenvalue weighted by Gasteiger charge is -2.31.